The van der Waals surface area contributed by atoms with Gasteiger partial charge in [0.1, 0.15) is 5.75 Å². The van der Waals surface area contributed by atoms with Crippen LogP contribution in [0.15, 0.2) is 46.6 Å². The van der Waals surface area contributed by atoms with Gasteiger partial charge in [-0.15, -0.1) is 10.2 Å². The average molecular weight is 365 g/mol. The quantitative estimate of drug-likeness (QED) is 0.601. The number of rotatable bonds is 5. The minimum atomic E-state index is -0.525. The van der Waals surface area contributed by atoms with Crippen LogP contribution in [0.25, 0.3) is 10.9 Å². The Morgan fingerprint density at radius 1 is 1.15 bits per heavy atom. The lowest BCUT2D eigenvalue weighted by molar-refractivity contribution is -0.120. The summed E-state index contributed by atoms with van der Waals surface area (Å²) < 4.78 is 5.49. The number of nitrogens with zero attached hydrogens (tertiary/aromatic N) is 2. The molecule has 6 heteroatoms. The van der Waals surface area contributed by atoms with Crippen LogP contribution in [0.5, 0.6) is 11.6 Å². The van der Waals surface area contributed by atoms with Gasteiger partial charge in [-0.1, -0.05) is 26.0 Å². The lowest BCUT2D eigenvalue weighted by atomic mass is 10.0. The van der Waals surface area contributed by atoms with Crippen LogP contribution in [-0.2, 0) is 4.79 Å². The molecule has 3 aromatic rings. The van der Waals surface area contributed by atoms with E-state index in [9.17, 15) is 9.90 Å². The molecular formula is C21H23N3O3. The Bertz CT molecular complexity index is 999. The predicted octanol–water partition coefficient (Wildman–Crippen LogP) is 5.30. The maximum absolute atomic E-state index is 12.0. The minimum absolute atomic E-state index is 0.113. The van der Waals surface area contributed by atoms with Crippen molar-refractivity contribution in [3.8, 4) is 11.6 Å². The second kappa shape index (κ2) is 7.61. The molecule has 0 unspecified atom stereocenters. The fourth-order valence-corrected chi connectivity index (χ4v) is 2.94. The normalized spacial score (nSPS) is 11.6. The molecule has 2 N–H and O–H groups in total. The van der Waals surface area contributed by atoms with Gasteiger partial charge >= 0.3 is 5.91 Å². The standard InChI is InChI=1S/C21H23N3O3/c1-12(2)15-5-6-18-17(10-15)20(21(26)22-18)24-23-19(25)11-27-16-8-13(3)7-14(4)9-16/h5-10,12,22,26H,11H2,1-4H3. The lowest BCUT2D eigenvalue weighted by Gasteiger charge is -2.05. The maximum Gasteiger partial charge on any atom is 0.302 e. The fourth-order valence-electron chi connectivity index (χ4n) is 2.94. The molecule has 0 saturated carbocycles. The van der Waals surface area contributed by atoms with Crippen LogP contribution in [0.3, 0.4) is 0 Å². The summed E-state index contributed by atoms with van der Waals surface area (Å²) in [5.41, 5.74) is 4.23. The largest absolute Gasteiger partial charge is 0.493 e. The summed E-state index contributed by atoms with van der Waals surface area (Å²) in [4.78, 5) is 14.9. The van der Waals surface area contributed by atoms with Gasteiger partial charge in [0.05, 0.1) is 5.52 Å². The van der Waals surface area contributed by atoms with E-state index in [1.165, 1.54) is 0 Å². The van der Waals surface area contributed by atoms with E-state index in [2.05, 4.69) is 29.1 Å². The third-order valence-electron chi connectivity index (χ3n) is 4.26. The highest BCUT2D eigenvalue weighted by Gasteiger charge is 2.13. The summed E-state index contributed by atoms with van der Waals surface area (Å²) in [5, 5.41) is 18.5. The molecule has 0 aliphatic carbocycles. The summed E-state index contributed by atoms with van der Waals surface area (Å²) in [5.74, 6) is 0.317. The van der Waals surface area contributed by atoms with Crippen LogP contribution in [0.4, 0.5) is 5.69 Å². The zero-order chi connectivity index (χ0) is 19.6. The second-order valence-electron chi connectivity index (χ2n) is 6.99. The number of H-pyrrole nitrogens is 1. The van der Waals surface area contributed by atoms with E-state index < -0.39 is 5.91 Å². The number of benzene rings is 2. The second-order valence-corrected chi connectivity index (χ2v) is 6.99. The van der Waals surface area contributed by atoms with Crippen molar-refractivity contribution in [2.45, 2.75) is 33.6 Å². The number of aromatic hydroxyl groups is 1. The van der Waals surface area contributed by atoms with Gasteiger partial charge < -0.3 is 14.8 Å². The highest BCUT2D eigenvalue weighted by Crippen LogP contribution is 2.36. The van der Waals surface area contributed by atoms with Crippen molar-refractivity contribution in [2.75, 3.05) is 6.61 Å². The van der Waals surface area contributed by atoms with Crippen molar-refractivity contribution in [3.63, 3.8) is 0 Å². The van der Waals surface area contributed by atoms with Gasteiger partial charge in [-0.3, -0.25) is 4.79 Å². The number of nitrogens with one attached hydrogen (secondary N) is 1. The molecular weight excluding hydrogens is 342 g/mol. The number of aromatic amines is 1. The summed E-state index contributed by atoms with van der Waals surface area (Å²) in [6.07, 6.45) is 0. The third-order valence-corrected chi connectivity index (χ3v) is 4.26. The number of ether oxygens (including phenoxy) is 1. The lowest BCUT2D eigenvalue weighted by Crippen LogP contribution is -2.08. The first-order chi connectivity index (χ1) is 12.8. The zero-order valence-electron chi connectivity index (χ0n) is 15.9. The smallest absolute Gasteiger partial charge is 0.302 e. The highest BCUT2D eigenvalue weighted by atomic mass is 16.5. The number of azo groups is 1. The molecule has 0 fully saturated rings. The van der Waals surface area contributed by atoms with E-state index in [0.717, 1.165) is 27.6 Å². The predicted molar refractivity (Wildman–Crippen MR) is 105 cm³/mol. The third kappa shape index (κ3) is 4.34. The number of carbonyl (C=O) groups excluding carboxylic acids is 1. The number of aryl methyl sites for hydroxylation is 2. The Labute approximate surface area is 157 Å². The number of carbonyl (C=O) groups is 1. The summed E-state index contributed by atoms with van der Waals surface area (Å²) in [7, 11) is 0. The Morgan fingerprint density at radius 3 is 2.52 bits per heavy atom. The van der Waals surface area contributed by atoms with Crippen LogP contribution < -0.4 is 4.74 Å². The zero-order valence-corrected chi connectivity index (χ0v) is 15.9. The molecule has 140 valence electrons. The van der Waals surface area contributed by atoms with Gasteiger partial charge in [-0.2, -0.15) is 0 Å². The van der Waals surface area contributed by atoms with Gasteiger partial charge in [-0.05, 0) is 60.7 Å². The summed E-state index contributed by atoms with van der Waals surface area (Å²) >= 11 is 0. The Morgan fingerprint density at radius 2 is 1.85 bits per heavy atom. The topological polar surface area (TPSA) is 87.0 Å². The van der Waals surface area contributed by atoms with Crippen LogP contribution in [0.1, 0.15) is 36.5 Å². The molecule has 1 heterocycles. The van der Waals surface area contributed by atoms with Crippen LogP contribution in [0, 0.1) is 13.8 Å². The fraction of sp³-hybridized carbons (Fsp3) is 0.286. The van der Waals surface area contributed by atoms with Crippen LogP contribution in [-0.4, -0.2) is 22.6 Å². The van der Waals surface area contributed by atoms with Crippen LogP contribution >= 0.6 is 0 Å². The first-order valence-electron chi connectivity index (χ1n) is 8.83. The van der Waals surface area contributed by atoms with Crippen molar-refractivity contribution >= 4 is 22.5 Å². The first kappa shape index (κ1) is 18.6. The minimum Gasteiger partial charge on any atom is -0.493 e. The number of hydrogen-bond acceptors (Lipinski definition) is 4. The molecule has 3 rings (SSSR count). The molecule has 0 aliphatic heterocycles. The molecule has 0 atom stereocenters. The Kier molecular flexibility index (Phi) is 5.26. The maximum atomic E-state index is 12.0. The molecule has 0 radical (unpaired) electrons. The van der Waals surface area contributed by atoms with Crippen molar-refractivity contribution < 1.29 is 14.6 Å². The highest BCUT2D eigenvalue weighted by molar-refractivity contribution is 5.95. The molecule has 0 aliphatic rings. The number of fused-ring (bicyclic) bond motifs is 1. The van der Waals surface area contributed by atoms with Crippen molar-refractivity contribution in [1.29, 1.82) is 0 Å². The number of amides is 1. The SMILES string of the molecule is Cc1cc(C)cc(OCC(=O)N=Nc2c(O)[nH]c3ccc(C(C)C)cc23)c1. The van der Waals surface area contributed by atoms with Gasteiger partial charge in [0.2, 0.25) is 5.88 Å². The number of hydrogen-bond donors (Lipinski definition) is 2. The molecule has 1 aromatic heterocycles. The van der Waals surface area contributed by atoms with Gasteiger partial charge in [0.25, 0.3) is 0 Å². The number of aromatic nitrogens is 1. The van der Waals surface area contributed by atoms with Gasteiger partial charge in [0.15, 0.2) is 12.3 Å². The molecule has 6 nitrogen and oxygen atoms in total. The monoisotopic (exact) mass is 365 g/mol. The van der Waals surface area contributed by atoms with Crippen molar-refractivity contribution in [3.05, 3.63) is 53.1 Å². The Balaban J connectivity index is 1.75. The van der Waals surface area contributed by atoms with E-state index in [1.807, 2.05) is 50.2 Å². The van der Waals surface area contributed by atoms with E-state index in [4.69, 9.17) is 4.74 Å². The van der Waals surface area contributed by atoms with Gasteiger partial charge in [0, 0.05) is 5.39 Å². The molecule has 0 spiro atoms. The molecule has 2 aromatic carbocycles. The molecule has 0 bridgehead atoms. The average Bonchev–Trinajstić information content (AvgIpc) is 2.91. The first-order valence-corrected chi connectivity index (χ1v) is 8.83. The summed E-state index contributed by atoms with van der Waals surface area (Å²) in [6, 6.07) is 11.6. The van der Waals surface area contributed by atoms with E-state index in [-0.39, 0.29) is 18.2 Å². The van der Waals surface area contributed by atoms with E-state index in [1.54, 1.807) is 0 Å². The van der Waals surface area contributed by atoms with Crippen LogP contribution in [0.2, 0.25) is 0 Å². The van der Waals surface area contributed by atoms with E-state index >= 15 is 0 Å². The molecule has 27 heavy (non-hydrogen) atoms. The molecule has 1 amide bonds. The van der Waals surface area contributed by atoms with Crippen molar-refractivity contribution in [1.82, 2.24) is 4.98 Å². The summed E-state index contributed by atoms with van der Waals surface area (Å²) in [6.45, 7) is 7.89. The molecule has 0 saturated heterocycles. The van der Waals surface area contributed by atoms with E-state index in [0.29, 0.717) is 11.7 Å². The van der Waals surface area contributed by atoms with Crippen molar-refractivity contribution in [2.24, 2.45) is 10.2 Å². The Hall–Kier alpha value is -3.15. The van der Waals surface area contributed by atoms with Gasteiger partial charge in [-0.25, -0.2) is 0 Å².